The molecule has 1 heterocycles. The summed E-state index contributed by atoms with van der Waals surface area (Å²) < 4.78 is 28.8. The number of rotatable bonds is 2. The second-order valence-corrected chi connectivity index (χ2v) is 5.14. The lowest BCUT2D eigenvalue weighted by Gasteiger charge is -2.15. The minimum atomic E-state index is -1.44. The Hall–Kier alpha value is -2.44. The van der Waals surface area contributed by atoms with Gasteiger partial charge in [0.1, 0.15) is 5.56 Å². The van der Waals surface area contributed by atoms with Gasteiger partial charge in [-0.25, -0.2) is 9.18 Å². The number of aromatic nitrogens is 1. The van der Waals surface area contributed by atoms with Gasteiger partial charge in [-0.15, -0.1) is 0 Å². The third kappa shape index (κ3) is 1.80. The Morgan fingerprint density at radius 1 is 1.33 bits per heavy atom. The van der Waals surface area contributed by atoms with Crippen LogP contribution < -0.4 is 5.43 Å². The molecule has 1 aliphatic carbocycles. The third-order valence-electron chi connectivity index (χ3n) is 3.73. The first kappa shape index (κ1) is 13.5. The van der Waals surface area contributed by atoms with Crippen molar-refractivity contribution in [3.8, 4) is 5.75 Å². The van der Waals surface area contributed by atoms with Crippen LogP contribution in [0.25, 0.3) is 10.9 Å². The highest BCUT2D eigenvalue weighted by molar-refractivity contribution is 5.95. The van der Waals surface area contributed by atoms with Gasteiger partial charge < -0.3 is 14.8 Å². The molecule has 2 aromatic rings. The van der Waals surface area contributed by atoms with E-state index in [-0.39, 0.29) is 22.5 Å². The van der Waals surface area contributed by atoms with Crippen molar-refractivity contribution in [2.45, 2.75) is 25.8 Å². The molecule has 21 heavy (non-hydrogen) atoms. The molecule has 1 fully saturated rings. The van der Waals surface area contributed by atoms with Crippen LogP contribution in [-0.2, 0) is 0 Å². The number of aromatic carboxylic acids is 1. The predicted octanol–water partition coefficient (Wildman–Crippen LogP) is 2.33. The molecule has 1 aromatic carbocycles. The number of hydrogen-bond acceptors (Lipinski definition) is 3. The van der Waals surface area contributed by atoms with Gasteiger partial charge >= 0.3 is 5.97 Å². The van der Waals surface area contributed by atoms with Crippen molar-refractivity contribution in [2.75, 3.05) is 0 Å². The average Bonchev–Trinajstić information content (AvgIpc) is 3.26. The van der Waals surface area contributed by atoms with E-state index < -0.39 is 34.3 Å². The Balaban J connectivity index is 2.59. The number of phenolic OH excluding ortho intramolecular Hbond substituents is 1. The number of halogens is 2. The Labute approximate surface area is 117 Å². The summed E-state index contributed by atoms with van der Waals surface area (Å²) in [7, 11) is 0. The fourth-order valence-electron chi connectivity index (χ4n) is 2.50. The van der Waals surface area contributed by atoms with Crippen LogP contribution in [0.2, 0.25) is 0 Å². The maximum absolute atomic E-state index is 13.8. The molecule has 7 heteroatoms. The number of aromatic hydroxyl groups is 1. The number of carboxylic acids is 1. The van der Waals surface area contributed by atoms with Gasteiger partial charge in [0.15, 0.2) is 11.6 Å². The summed E-state index contributed by atoms with van der Waals surface area (Å²) in [5.41, 5.74) is -1.91. The fraction of sp³-hybridized carbons (Fsp3) is 0.286. The van der Waals surface area contributed by atoms with Crippen molar-refractivity contribution in [1.29, 1.82) is 0 Å². The molecule has 0 spiro atoms. The normalized spacial score (nSPS) is 14.6. The van der Waals surface area contributed by atoms with Crippen LogP contribution >= 0.6 is 0 Å². The summed E-state index contributed by atoms with van der Waals surface area (Å²) in [6.07, 6.45) is 2.52. The van der Waals surface area contributed by atoms with E-state index in [1.54, 1.807) is 0 Å². The lowest BCUT2D eigenvalue weighted by Crippen LogP contribution is -2.20. The fourth-order valence-corrected chi connectivity index (χ4v) is 2.50. The Morgan fingerprint density at radius 2 is 1.95 bits per heavy atom. The molecule has 1 saturated carbocycles. The van der Waals surface area contributed by atoms with Crippen LogP contribution in [0.3, 0.4) is 0 Å². The first-order chi connectivity index (χ1) is 9.84. The summed E-state index contributed by atoms with van der Waals surface area (Å²) in [6, 6.07) is -0.124. The van der Waals surface area contributed by atoms with Crippen molar-refractivity contribution in [2.24, 2.45) is 0 Å². The molecule has 1 aromatic heterocycles. The van der Waals surface area contributed by atoms with E-state index >= 15 is 0 Å². The SMILES string of the molecule is Cc1c(F)c(F)c(O)c2c1c(=O)c(C(=O)O)cn2C1CC1. The first-order valence-corrected chi connectivity index (χ1v) is 6.33. The third-order valence-corrected chi connectivity index (χ3v) is 3.73. The van der Waals surface area contributed by atoms with E-state index in [1.807, 2.05) is 0 Å². The standard InChI is InChI=1S/C14H11F2NO4/c1-5-8-11(13(19)10(16)9(5)15)17(6-2-3-6)4-7(12(8)18)14(20)21/h4,6,19H,2-3H2,1H3,(H,20,21). The van der Waals surface area contributed by atoms with Crippen LogP contribution in [0.5, 0.6) is 5.75 Å². The molecular weight excluding hydrogens is 284 g/mol. The number of aryl methyl sites for hydroxylation is 1. The van der Waals surface area contributed by atoms with Crippen LogP contribution in [-0.4, -0.2) is 20.7 Å². The number of carbonyl (C=O) groups is 1. The topological polar surface area (TPSA) is 79.5 Å². The highest BCUT2D eigenvalue weighted by Crippen LogP contribution is 2.41. The van der Waals surface area contributed by atoms with Gasteiger partial charge in [0.25, 0.3) is 0 Å². The van der Waals surface area contributed by atoms with Crippen LogP contribution in [0, 0.1) is 18.6 Å². The van der Waals surface area contributed by atoms with Gasteiger partial charge in [-0.05, 0) is 19.8 Å². The molecule has 5 nitrogen and oxygen atoms in total. The maximum atomic E-state index is 13.8. The van der Waals surface area contributed by atoms with Gasteiger partial charge in [0.05, 0.1) is 10.9 Å². The lowest BCUT2D eigenvalue weighted by molar-refractivity contribution is 0.0695. The van der Waals surface area contributed by atoms with Crippen molar-refractivity contribution in [3.63, 3.8) is 0 Å². The Bertz CT molecular complexity index is 853. The molecule has 0 unspecified atom stereocenters. The summed E-state index contributed by atoms with van der Waals surface area (Å²) in [5, 5.41) is 18.7. The number of hydrogen-bond donors (Lipinski definition) is 2. The zero-order chi connectivity index (χ0) is 15.5. The molecule has 2 N–H and O–H groups in total. The van der Waals surface area contributed by atoms with Gasteiger partial charge in [-0.3, -0.25) is 4.79 Å². The molecule has 0 saturated heterocycles. The number of pyridine rings is 1. The summed E-state index contributed by atoms with van der Waals surface area (Å²) in [6.45, 7) is 1.18. The van der Waals surface area contributed by atoms with E-state index in [9.17, 15) is 23.5 Å². The Kier molecular flexibility index (Phi) is 2.76. The zero-order valence-corrected chi connectivity index (χ0v) is 11.0. The van der Waals surface area contributed by atoms with Crippen molar-refractivity contribution in [1.82, 2.24) is 4.57 Å². The minimum Gasteiger partial charge on any atom is -0.503 e. The molecule has 0 radical (unpaired) electrons. The van der Waals surface area contributed by atoms with Gasteiger partial charge in [-0.1, -0.05) is 0 Å². The molecule has 0 bridgehead atoms. The molecular formula is C14H11F2NO4. The van der Waals surface area contributed by atoms with E-state index in [0.29, 0.717) is 12.8 Å². The zero-order valence-electron chi connectivity index (χ0n) is 11.0. The highest BCUT2D eigenvalue weighted by atomic mass is 19.2. The van der Waals surface area contributed by atoms with Crippen LogP contribution in [0.1, 0.15) is 34.8 Å². The number of phenols is 1. The predicted molar refractivity (Wildman–Crippen MR) is 69.8 cm³/mol. The van der Waals surface area contributed by atoms with E-state index in [4.69, 9.17) is 5.11 Å². The molecule has 0 aliphatic heterocycles. The summed E-state index contributed by atoms with van der Waals surface area (Å²) >= 11 is 0. The molecule has 0 amide bonds. The van der Waals surface area contributed by atoms with Gasteiger partial charge in [0.2, 0.25) is 11.2 Å². The summed E-state index contributed by atoms with van der Waals surface area (Å²) in [4.78, 5) is 23.4. The number of benzene rings is 1. The number of nitrogens with zero attached hydrogens (tertiary/aromatic N) is 1. The second-order valence-electron chi connectivity index (χ2n) is 5.14. The Morgan fingerprint density at radius 3 is 2.48 bits per heavy atom. The quantitative estimate of drug-likeness (QED) is 0.891. The summed E-state index contributed by atoms with van der Waals surface area (Å²) in [5.74, 6) is -5.19. The van der Waals surface area contributed by atoms with Crippen molar-refractivity contribution >= 4 is 16.9 Å². The van der Waals surface area contributed by atoms with Crippen molar-refractivity contribution < 1.29 is 23.8 Å². The smallest absolute Gasteiger partial charge is 0.341 e. The molecule has 0 atom stereocenters. The van der Waals surface area contributed by atoms with Crippen molar-refractivity contribution in [3.05, 3.63) is 39.2 Å². The lowest BCUT2D eigenvalue weighted by atomic mass is 10.0. The monoisotopic (exact) mass is 295 g/mol. The first-order valence-electron chi connectivity index (χ1n) is 6.33. The van der Waals surface area contributed by atoms with Crippen LogP contribution in [0.15, 0.2) is 11.0 Å². The van der Waals surface area contributed by atoms with Crippen LogP contribution in [0.4, 0.5) is 8.78 Å². The van der Waals surface area contributed by atoms with E-state index in [0.717, 1.165) is 6.20 Å². The van der Waals surface area contributed by atoms with Gasteiger partial charge in [-0.2, -0.15) is 4.39 Å². The molecule has 3 rings (SSSR count). The van der Waals surface area contributed by atoms with E-state index in [2.05, 4.69) is 0 Å². The average molecular weight is 295 g/mol. The van der Waals surface area contributed by atoms with E-state index in [1.165, 1.54) is 11.5 Å². The minimum absolute atomic E-state index is 0.124. The highest BCUT2D eigenvalue weighted by Gasteiger charge is 2.30. The molecule has 1 aliphatic rings. The maximum Gasteiger partial charge on any atom is 0.341 e. The number of carboxylic acid groups (broad SMARTS) is 1. The second kappa shape index (κ2) is 4.28. The van der Waals surface area contributed by atoms with Gasteiger partial charge in [0, 0.05) is 17.8 Å². The molecule has 110 valence electrons. The largest absolute Gasteiger partial charge is 0.503 e. The number of fused-ring (bicyclic) bond motifs is 1.